The Morgan fingerprint density at radius 1 is 1.33 bits per heavy atom. The zero-order chi connectivity index (χ0) is 22.3. The number of rotatable bonds is 8. The molecule has 1 unspecified atom stereocenters. The third-order valence-corrected chi connectivity index (χ3v) is 7.37. The van der Waals surface area contributed by atoms with Crippen LogP contribution in [-0.2, 0) is 23.7 Å². The van der Waals surface area contributed by atoms with Crippen molar-refractivity contribution in [2.75, 3.05) is 20.3 Å². The summed E-state index contributed by atoms with van der Waals surface area (Å²) in [5.74, 6) is -0.175. The van der Waals surface area contributed by atoms with Crippen molar-refractivity contribution in [3.63, 3.8) is 0 Å². The summed E-state index contributed by atoms with van der Waals surface area (Å²) in [6.45, 7) is 15.9. The topological polar surface area (TPSA) is 72.6 Å². The molecule has 6 nitrogen and oxygen atoms in total. The number of carbonyl (C=O) groups is 1. The Morgan fingerprint density at radius 3 is 2.53 bits per heavy atom. The molecule has 3 rings (SSSR count). The first-order valence-corrected chi connectivity index (χ1v) is 11.3. The highest BCUT2D eigenvalue weighted by Crippen LogP contribution is 2.59. The van der Waals surface area contributed by atoms with Crippen molar-refractivity contribution in [2.45, 2.75) is 103 Å². The van der Waals surface area contributed by atoms with Crippen LogP contribution in [0.25, 0.3) is 0 Å². The van der Waals surface area contributed by atoms with Gasteiger partial charge in [0.2, 0.25) is 0 Å². The second-order valence-corrected chi connectivity index (χ2v) is 10.9. The molecule has 172 valence electrons. The number of ether oxygens (including phenoxy) is 4. The Morgan fingerprint density at radius 2 is 2.00 bits per heavy atom. The summed E-state index contributed by atoms with van der Waals surface area (Å²) in [7, 11) is 1.71. The van der Waals surface area contributed by atoms with Crippen LogP contribution in [0.15, 0.2) is 11.6 Å². The maximum atomic E-state index is 12.6. The predicted octanol–water partition coefficient (Wildman–Crippen LogP) is 3.63. The van der Waals surface area contributed by atoms with E-state index >= 15 is 0 Å². The van der Waals surface area contributed by atoms with Crippen molar-refractivity contribution >= 4 is 5.97 Å². The fourth-order valence-corrected chi connectivity index (χ4v) is 4.82. The fourth-order valence-electron chi connectivity index (χ4n) is 4.82. The average Bonchev–Trinajstić information content (AvgIpc) is 3.56. The van der Waals surface area contributed by atoms with Crippen LogP contribution in [0.2, 0.25) is 0 Å². The van der Waals surface area contributed by atoms with E-state index in [1.54, 1.807) is 7.11 Å². The minimum Gasteiger partial charge on any atom is -0.459 e. The normalized spacial score (nSPS) is 38.8. The second-order valence-electron chi connectivity index (χ2n) is 10.9. The van der Waals surface area contributed by atoms with E-state index in [0.717, 1.165) is 25.9 Å². The van der Waals surface area contributed by atoms with Crippen molar-refractivity contribution in [3.8, 4) is 0 Å². The van der Waals surface area contributed by atoms with Gasteiger partial charge in [-0.25, -0.2) is 0 Å². The Hall–Kier alpha value is -0.950. The third kappa shape index (κ3) is 4.93. The van der Waals surface area contributed by atoms with Crippen LogP contribution in [0.5, 0.6) is 0 Å². The van der Waals surface area contributed by atoms with Gasteiger partial charge in [-0.05, 0) is 52.4 Å². The van der Waals surface area contributed by atoms with Gasteiger partial charge in [-0.15, -0.1) is 0 Å². The van der Waals surface area contributed by atoms with E-state index in [4.69, 9.17) is 18.9 Å². The van der Waals surface area contributed by atoms with Gasteiger partial charge in [0, 0.05) is 13.2 Å². The molecule has 7 atom stereocenters. The highest BCUT2D eigenvalue weighted by Gasteiger charge is 2.72. The number of epoxide rings is 2. The predicted molar refractivity (Wildman–Crippen MR) is 116 cm³/mol. The average molecular weight is 424 g/mol. The largest absolute Gasteiger partial charge is 0.459 e. The lowest BCUT2D eigenvalue weighted by Crippen LogP contribution is -2.56. The number of methoxy groups -OCH3 is 1. The van der Waals surface area contributed by atoms with Crippen LogP contribution in [0, 0.1) is 11.3 Å². The van der Waals surface area contributed by atoms with E-state index in [0.29, 0.717) is 0 Å². The van der Waals surface area contributed by atoms with Crippen LogP contribution in [0.3, 0.4) is 0 Å². The second kappa shape index (κ2) is 8.53. The van der Waals surface area contributed by atoms with Gasteiger partial charge < -0.3 is 24.3 Å². The SMILES string of the molecule is CO[C@@H]1[C@H](OC(=O)CNC(C)C(C)(C)C)CC[C@]2(CO2)[C@H]1[C@]1(C)O[C@@H]1CC=C(C)C. The van der Waals surface area contributed by atoms with E-state index in [9.17, 15) is 4.79 Å². The molecule has 0 radical (unpaired) electrons. The summed E-state index contributed by atoms with van der Waals surface area (Å²) in [6, 6.07) is 0.208. The number of hydrogen-bond acceptors (Lipinski definition) is 6. The first-order chi connectivity index (χ1) is 13.9. The van der Waals surface area contributed by atoms with E-state index in [-0.39, 0.29) is 59.4 Å². The molecule has 1 aliphatic carbocycles. The fraction of sp³-hybridized carbons (Fsp3) is 0.875. The number of esters is 1. The molecule has 0 aromatic heterocycles. The van der Waals surface area contributed by atoms with Crippen LogP contribution in [0.4, 0.5) is 0 Å². The van der Waals surface area contributed by atoms with Gasteiger partial charge in [0.1, 0.15) is 23.4 Å². The summed E-state index contributed by atoms with van der Waals surface area (Å²) >= 11 is 0. The molecule has 6 heteroatoms. The number of hydrogen-bond donors (Lipinski definition) is 1. The summed E-state index contributed by atoms with van der Waals surface area (Å²) in [6.07, 6.45) is 4.38. The molecule has 1 saturated carbocycles. The zero-order valence-corrected chi connectivity index (χ0v) is 20.0. The molecular weight excluding hydrogens is 382 g/mol. The molecule has 3 fully saturated rings. The van der Waals surface area contributed by atoms with Crippen molar-refractivity contribution in [3.05, 3.63) is 11.6 Å². The maximum absolute atomic E-state index is 12.6. The van der Waals surface area contributed by atoms with Crippen LogP contribution < -0.4 is 5.32 Å². The number of nitrogens with one attached hydrogen (secondary N) is 1. The summed E-state index contributed by atoms with van der Waals surface area (Å²) in [4.78, 5) is 12.6. The maximum Gasteiger partial charge on any atom is 0.320 e. The lowest BCUT2D eigenvalue weighted by Gasteiger charge is -2.42. The Labute approximate surface area is 182 Å². The summed E-state index contributed by atoms with van der Waals surface area (Å²) in [5, 5.41) is 3.29. The highest BCUT2D eigenvalue weighted by atomic mass is 16.6. The van der Waals surface area contributed by atoms with Crippen molar-refractivity contribution in [2.24, 2.45) is 11.3 Å². The summed E-state index contributed by atoms with van der Waals surface area (Å²) < 4.78 is 24.0. The van der Waals surface area contributed by atoms with Crippen LogP contribution in [-0.4, -0.2) is 61.8 Å². The molecular formula is C24H41NO5. The molecule has 3 aliphatic rings. The quantitative estimate of drug-likeness (QED) is 0.365. The third-order valence-electron chi connectivity index (χ3n) is 7.37. The van der Waals surface area contributed by atoms with Gasteiger partial charge >= 0.3 is 5.97 Å². The molecule has 1 spiro atoms. The summed E-state index contributed by atoms with van der Waals surface area (Å²) in [5.41, 5.74) is 0.865. The van der Waals surface area contributed by atoms with Crippen molar-refractivity contribution in [1.29, 1.82) is 0 Å². The molecule has 2 aliphatic heterocycles. The first kappa shape index (κ1) is 23.7. The molecule has 30 heavy (non-hydrogen) atoms. The zero-order valence-electron chi connectivity index (χ0n) is 20.0. The molecule has 2 saturated heterocycles. The molecule has 0 aromatic rings. The van der Waals surface area contributed by atoms with Gasteiger partial charge in [-0.1, -0.05) is 32.4 Å². The first-order valence-electron chi connectivity index (χ1n) is 11.3. The molecule has 0 amide bonds. The van der Waals surface area contributed by atoms with E-state index < -0.39 is 0 Å². The van der Waals surface area contributed by atoms with E-state index in [2.05, 4.69) is 59.9 Å². The number of allylic oxidation sites excluding steroid dienone is 1. The van der Waals surface area contributed by atoms with Crippen LogP contribution in [0.1, 0.15) is 67.7 Å². The van der Waals surface area contributed by atoms with Crippen molar-refractivity contribution < 1.29 is 23.7 Å². The minimum absolute atomic E-state index is 0.0542. The van der Waals surface area contributed by atoms with E-state index in [1.807, 2.05) is 0 Å². The molecule has 0 bridgehead atoms. The van der Waals surface area contributed by atoms with Gasteiger partial charge in [-0.2, -0.15) is 0 Å². The van der Waals surface area contributed by atoms with Gasteiger partial charge in [0.15, 0.2) is 0 Å². The van der Waals surface area contributed by atoms with Gasteiger partial charge in [0.05, 0.1) is 25.2 Å². The van der Waals surface area contributed by atoms with Gasteiger partial charge in [-0.3, -0.25) is 4.79 Å². The van der Waals surface area contributed by atoms with Gasteiger partial charge in [0.25, 0.3) is 0 Å². The molecule has 1 N–H and O–H groups in total. The standard InChI is InChI=1S/C24H41NO5/c1-15(2)9-10-18-23(7,30-18)21-20(27-8)17(11-12-24(21)14-28-24)29-19(26)13-25-16(3)22(4,5)6/h9,16-18,20-21,25H,10-14H2,1-8H3/t16?,17-,18-,20-,21-,23-,24+/m1/s1. The minimum atomic E-state index is -0.312. The monoisotopic (exact) mass is 423 g/mol. The molecule has 2 heterocycles. The molecule has 0 aromatic carbocycles. The number of carbonyl (C=O) groups excluding carboxylic acids is 1. The Balaban J connectivity index is 1.65. The highest BCUT2D eigenvalue weighted by molar-refractivity contribution is 5.72. The Bertz CT molecular complexity index is 661. The van der Waals surface area contributed by atoms with E-state index in [1.165, 1.54) is 5.57 Å². The lowest BCUT2D eigenvalue weighted by molar-refractivity contribution is -0.171. The van der Waals surface area contributed by atoms with Crippen molar-refractivity contribution in [1.82, 2.24) is 5.32 Å². The Kier molecular flexibility index (Phi) is 6.74. The van der Waals surface area contributed by atoms with Crippen LogP contribution >= 0.6 is 0 Å². The lowest BCUT2D eigenvalue weighted by atomic mass is 9.68. The smallest absolute Gasteiger partial charge is 0.320 e.